The molecule has 1 fully saturated rings. The van der Waals surface area contributed by atoms with Crippen LogP contribution in [0.2, 0.25) is 0 Å². The zero-order valence-electron chi connectivity index (χ0n) is 6.67. The Morgan fingerprint density at radius 3 is 2.50 bits per heavy atom. The summed E-state index contributed by atoms with van der Waals surface area (Å²) in [7, 11) is 0. The van der Waals surface area contributed by atoms with Crippen molar-refractivity contribution in [3.63, 3.8) is 0 Å². The number of carboxylic acid groups (broad SMARTS) is 1. The number of aliphatic hydroxyl groups is 2. The van der Waals surface area contributed by atoms with E-state index in [1.165, 1.54) is 0 Å². The molecule has 1 aliphatic rings. The van der Waals surface area contributed by atoms with Gasteiger partial charge in [0.05, 0.1) is 18.3 Å². The summed E-state index contributed by atoms with van der Waals surface area (Å²) < 4.78 is 4.87. The minimum absolute atomic E-state index is 0.0537. The molecule has 3 N–H and O–H groups in total. The summed E-state index contributed by atoms with van der Waals surface area (Å²) in [5.41, 5.74) is 0. The molecule has 5 heteroatoms. The Bertz CT molecular complexity index is 181. The summed E-state index contributed by atoms with van der Waals surface area (Å²) >= 11 is 0. The van der Waals surface area contributed by atoms with Crippen molar-refractivity contribution in [2.24, 2.45) is 0 Å². The van der Waals surface area contributed by atoms with Crippen LogP contribution in [-0.2, 0) is 9.53 Å². The lowest BCUT2D eigenvalue weighted by atomic mass is 9.99. The molecule has 0 aromatic rings. The molecule has 0 aromatic heterocycles. The van der Waals surface area contributed by atoms with Gasteiger partial charge in [0.15, 0.2) is 6.10 Å². The molecule has 1 saturated heterocycles. The largest absolute Gasteiger partial charge is 0.479 e. The van der Waals surface area contributed by atoms with Crippen LogP contribution in [-0.4, -0.2) is 45.7 Å². The lowest BCUT2D eigenvalue weighted by Gasteiger charge is -2.33. The Balaban J connectivity index is 2.61. The first kappa shape index (κ1) is 9.44. The van der Waals surface area contributed by atoms with Gasteiger partial charge in [-0.2, -0.15) is 0 Å². The maximum absolute atomic E-state index is 10.5. The fourth-order valence-electron chi connectivity index (χ4n) is 1.20. The Labute approximate surface area is 69.6 Å². The SMILES string of the molecule is CC1OC(C(=O)O)[C@@H](O)C[C@@H]1O. The third-order valence-corrected chi connectivity index (χ3v) is 1.98. The van der Waals surface area contributed by atoms with Crippen molar-refractivity contribution in [3.8, 4) is 0 Å². The number of hydrogen-bond donors (Lipinski definition) is 3. The molecule has 5 nitrogen and oxygen atoms in total. The van der Waals surface area contributed by atoms with Crippen molar-refractivity contribution >= 4 is 5.97 Å². The van der Waals surface area contributed by atoms with Gasteiger partial charge in [0.1, 0.15) is 0 Å². The van der Waals surface area contributed by atoms with Gasteiger partial charge in [-0.15, -0.1) is 0 Å². The van der Waals surface area contributed by atoms with E-state index in [1.807, 2.05) is 0 Å². The first-order valence-electron chi connectivity index (χ1n) is 3.76. The van der Waals surface area contributed by atoms with Gasteiger partial charge in [-0.3, -0.25) is 0 Å². The molecule has 0 aliphatic carbocycles. The third-order valence-electron chi connectivity index (χ3n) is 1.98. The van der Waals surface area contributed by atoms with E-state index in [2.05, 4.69) is 0 Å². The van der Waals surface area contributed by atoms with Crippen LogP contribution in [0, 0.1) is 0 Å². The summed E-state index contributed by atoms with van der Waals surface area (Å²) in [6.07, 6.45) is -3.58. The standard InChI is InChI=1S/C7H12O5/c1-3-4(8)2-5(9)6(12-3)7(10)11/h3-6,8-9H,2H2,1H3,(H,10,11)/t3?,4-,5-,6?/m0/s1. The highest BCUT2D eigenvalue weighted by molar-refractivity contribution is 5.73. The Morgan fingerprint density at radius 2 is 2.00 bits per heavy atom. The smallest absolute Gasteiger partial charge is 0.335 e. The molecule has 0 aromatic carbocycles. The predicted octanol–water partition coefficient (Wildman–Crippen LogP) is -1.03. The van der Waals surface area contributed by atoms with Gasteiger partial charge in [0.2, 0.25) is 0 Å². The average molecular weight is 176 g/mol. The highest BCUT2D eigenvalue weighted by atomic mass is 16.5. The Morgan fingerprint density at radius 1 is 1.42 bits per heavy atom. The van der Waals surface area contributed by atoms with E-state index in [4.69, 9.17) is 20.1 Å². The number of hydrogen-bond acceptors (Lipinski definition) is 4. The Hall–Kier alpha value is -0.650. The monoisotopic (exact) mass is 176 g/mol. The number of rotatable bonds is 1. The minimum Gasteiger partial charge on any atom is -0.479 e. The number of aliphatic hydroxyl groups excluding tert-OH is 2. The highest BCUT2D eigenvalue weighted by Gasteiger charge is 2.37. The zero-order valence-corrected chi connectivity index (χ0v) is 6.67. The molecule has 1 aliphatic heterocycles. The van der Waals surface area contributed by atoms with Gasteiger partial charge < -0.3 is 20.1 Å². The molecule has 0 radical (unpaired) electrons. The minimum atomic E-state index is -1.21. The molecule has 0 bridgehead atoms. The lowest BCUT2D eigenvalue weighted by Crippen LogP contribution is -2.49. The van der Waals surface area contributed by atoms with Gasteiger partial charge in [-0.1, -0.05) is 0 Å². The highest BCUT2D eigenvalue weighted by Crippen LogP contribution is 2.19. The molecular formula is C7H12O5. The summed E-state index contributed by atoms with van der Waals surface area (Å²) in [5, 5.41) is 26.9. The second-order valence-electron chi connectivity index (χ2n) is 2.97. The van der Waals surface area contributed by atoms with Crippen molar-refractivity contribution < 1.29 is 24.9 Å². The fraction of sp³-hybridized carbons (Fsp3) is 0.857. The summed E-state index contributed by atoms with van der Waals surface area (Å²) in [4.78, 5) is 10.5. The summed E-state index contributed by atoms with van der Waals surface area (Å²) in [6.45, 7) is 1.58. The van der Waals surface area contributed by atoms with Crippen LogP contribution in [0.4, 0.5) is 0 Å². The van der Waals surface area contributed by atoms with E-state index < -0.39 is 30.4 Å². The van der Waals surface area contributed by atoms with Crippen molar-refractivity contribution in [2.45, 2.75) is 37.8 Å². The van der Waals surface area contributed by atoms with E-state index in [0.717, 1.165) is 0 Å². The van der Waals surface area contributed by atoms with E-state index >= 15 is 0 Å². The van der Waals surface area contributed by atoms with E-state index in [0.29, 0.717) is 0 Å². The van der Waals surface area contributed by atoms with Crippen LogP contribution < -0.4 is 0 Å². The number of ether oxygens (including phenoxy) is 1. The van der Waals surface area contributed by atoms with E-state index in [-0.39, 0.29) is 6.42 Å². The van der Waals surface area contributed by atoms with Crippen molar-refractivity contribution in [2.75, 3.05) is 0 Å². The molecule has 1 rings (SSSR count). The van der Waals surface area contributed by atoms with Crippen molar-refractivity contribution in [1.29, 1.82) is 0 Å². The molecule has 1 heterocycles. The van der Waals surface area contributed by atoms with Gasteiger partial charge in [-0.05, 0) is 6.92 Å². The van der Waals surface area contributed by atoms with E-state index in [9.17, 15) is 4.79 Å². The maximum atomic E-state index is 10.5. The van der Waals surface area contributed by atoms with Gasteiger partial charge in [-0.25, -0.2) is 4.79 Å². The molecule has 12 heavy (non-hydrogen) atoms. The van der Waals surface area contributed by atoms with E-state index in [1.54, 1.807) is 6.92 Å². The fourth-order valence-corrected chi connectivity index (χ4v) is 1.20. The molecule has 0 spiro atoms. The van der Waals surface area contributed by atoms with Gasteiger partial charge >= 0.3 is 5.97 Å². The predicted molar refractivity (Wildman–Crippen MR) is 38.6 cm³/mol. The van der Waals surface area contributed by atoms with Crippen LogP contribution in [0.25, 0.3) is 0 Å². The van der Waals surface area contributed by atoms with Crippen LogP contribution in [0.3, 0.4) is 0 Å². The first-order valence-corrected chi connectivity index (χ1v) is 3.76. The van der Waals surface area contributed by atoms with Gasteiger partial charge in [0, 0.05) is 6.42 Å². The molecular weight excluding hydrogens is 164 g/mol. The quantitative estimate of drug-likeness (QED) is 0.475. The van der Waals surface area contributed by atoms with Crippen LogP contribution in [0.15, 0.2) is 0 Å². The average Bonchev–Trinajstić information content (AvgIpc) is 1.96. The lowest BCUT2D eigenvalue weighted by molar-refractivity contribution is -0.189. The molecule has 0 saturated carbocycles. The second-order valence-corrected chi connectivity index (χ2v) is 2.97. The molecule has 70 valence electrons. The van der Waals surface area contributed by atoms with Crippen molar-refractivity contribution in [1.82, 2.24) is 0 Å². The summed E-state index contributed by atoms with van der Waals surface area (Å²) in [6, 6.07) is 0. The normalized spacial score (nSPS) is 42.6. The molecule has 4 atom stereocenters. The van der Waals surface area contributed by atoms with Crippen molar-refractivity contribution in [3.05, 3.63) is 0 Å². The number of aliphatic carboxylic acids is 1. The number of carboxylic acids is 1. The number of carbonyl (C=O) groups is 1. The van der Waals surface area contributed by atoms with Crippen LogP contribution >= 0.6 is 0 Å². The third kappa shape index (κ3) is 1.74. The Kier molecular flexibility index (Phi) is 2.66. The zero-order chi connectivity index (χ0) is 9.30. The molecule has 0 amide bonds. The molecule has 2 unspecified atom stereocenters. The topological polar surface area (TPSA) is 87.0 Å². The maximum Gasteiger partial charge on any atom is 0.335 e. The first-order chi connectivity index (χ1) is 5.52. The summed E-state index contributed by atoms with van der Waals surface area (Å²) in [5.74, 6) is -1.19. The van der Waals surface area contributed by atoms with Gasteiger partial charge in [0.25, 0.3) is 0 Å². The second kappa shape index (κ2) is 3.38. The van der Waals surface area contributed by atoms with Crippen LogP contribution in [0.1, 0.15) is 13.3 Å². The van der Waals surface area contributed by atoms with Crippen LogP contribution in [0.5, 0.6) is 0 Å².